The summed E-state index contributed by atoms with van der Waals surface area (Å²) >= 11 is 0. The second-order valence-corrected chi connectivity index (χ2v) is 6.18. The lowest BCUT2D eigenvalue weighted by atomic mass is 10.0. The first-order valence-corrected chi connectivity index (χ1v) is 9.24. The first-order valence-electron chi connectivity index (χ1n) is 9.24. The first-order chi connectivity index (χ1) is 14.6. The van der Waals surface area contributed by atoms with Crippen LogP contribution >= 0.6 is 0 Å². The average molecular weight is 398 g/mol. The molecule has 6 heteroatoms. The van der Waals surface area contributed by atoms with Gasteiger partial charge >= 0.3 is 5.97 Å². The number of hydrogen-bond acceptors (Lipinski definition) is 6. The van der Waals surface area contributed by atoms with Crippen molar-refractivity contribution in [2.45, 2.75) is 6.92 Å². The van der Waals surface area contributed by atoms with Crippen LogP contribution in [0, 0.1) is 22.7 Å². The van der Waals surface area contributed by atoms with E-state index in [4.69, 9.17) is 24.7 Å². The molecule has 0 N–H and O–H groups in total. The predicted octanol–water partition coefficient (Wildman–Crippen LogP) is 4.48. The van der Waals surface area contributed by atoms with Crippen molar-refractivity contribution in [3.8, 4) is 40.5 Å². The number of hydrogen-bond donors (Lipinski definition) is 0. The molecule has 6 nitrogen and oxygen atoms in total. The zero-order chi connectivity index (χ0) is 21.3. The van der Waals surface area contributed by atoms with Crippen molar-refractivity contribution < 1.29 is 19.0 Å². The van der Waals surface area contributed by atoms with Gasteiger partial charge in [-0.15, -0.1) is 0 Å². The Bertz CT molecular complexity index is 1110. The fourth-order valence-electron chi connectivity index (χ4n) is 2.72. The van der Waals surface area contributed by atoms with Gasteiger partial charge in [-0.3, -0.25) is 0 Å². The number of nitriles is 2. The molecule has 0 aromatic heterocycles. The number of carbonyl (C=O) groups excluding carboxylic acids is 1. The standard InChI is InChI=1S/C24H18N2O4/c1-2-28-23-13-18(15-26)5-12-22(23)29-16-24(27)30-21-10-8-20(9-11-21)19-6-3-17(14-25)4-7-19/h3-13H,2,16H2,1H3. The van der Waals surface area contributed by atoms with Gasteiger partial charge in [0.2, 0.25) is 0 Å². The molecular weight excluding hydrogens is 380 g/mol. The topological polar surface area (TPSA) is 92.3 Å². The maximum Gasteiger partial charge on any atom is 0.349 e. The summed E-state index contributed by atoms with van der Waals surface area (Å²) in [5.74, 6) is 0.596. The fourth-order valence-corrected chi connectivity index (χ4v) is 2.72. The third kappa shape index (κ3) is 5.15. The fraction of sp³-hybridized carbons (Fsp3) is 0.125. The Labute approximate surface area is 174 Å². The van der Waals surface area contributed by atoms with Crippen LogP contribution in [0.5, 0.6) is 17.2 Å². The number of ether oxygens (including phenoxy) is 3. The molecule has 30 heavy (non-hydrogen) atoms. The molecule has 0 spiro atoms. The molecule has 0 atom stereocenters. The van der Waals surface area contributed by atoms with Crippen molar-refractivity contribution >= 4 is 5.97 Å². The molecule has 0 aliphatic heterocycles. The molecule has 0 saturated carbocycles. The summed E-state index contributed by atoms with van der Waals surface area (Å²) < 4.78 is 16.3. The lowest BCUT2D eigenvalue weighted by molar-refractivity contribution is -0.136. The highest BCUT2D eigenvalue weighted by atomic mass is 16.6. The van der Waals surface area contributed by atoms with Gasteiger partial charge in [-0.2, -0.15) is 10.5 Å². The highest BCUT2D eigenvalue weighted by Gasteiger charge is 2.11. The third-order valence-electron chi connectivity index (χ3n) is 4.15. The highest BCUT2D eigenvalue weighted by Crippen LogP contribution is 2.28. The second-order valence-electron chi connectivity index (χ2n) is 6.18. The van der Waals surface area contributed by atoms with Gasteiger partial charge in [0.15, 0.2) is 18.1 Å². The van der Waals surface area contributed by atoms with Gasteiger partial charge in [0.05, 0.1) is 29.9 Å². The number of carbonyl (C=O) groups is 1. The van der Waals surface area contributed by atoms with E-state index in [0.717, 1.165) is 11.1 Å². The van der Waals surface area contributed by atoms with Crippen LogP contribution in [0.4, 0.5) is 0 Å². The van der Waals surface area contributed by atoms with E-state index in [1.165, 1.54) is 0 Å². The van der Waals surface area contributed by atoms with Crippen molar-refractivity contribution in [2.24, 2.45) is 0 Å². The number of rotatable bonds is 7. The quantitative estimate of drug-likeness (QED) is 0.430. The maximum atomic E-state index is 12.1. The second kappa shape index (κ2) is 9.77. The Hall–Kier alpha value is -4.29. The van der Waals surface area contributed by atoms with Crippen LogP contribution in [-0.2, 0) is 4.79 Å². The van der Waals surface area contributed by atoms with E-state index >= 15 is 0 Å². The van der Waals surface area contributed by atoms with E-state index in [-0.39, 0.29) is 6.61 Å². The van der Waals surface area contributed by atoms with Crippen molar-refractivity contribution in [1.82, 2.24) is 0 Å². The van der Waals surface area contributed by atoms with Crippen LogP contribution in [0.3, 0.4) is 0 Å². The smallest absolute Gasteiger partial charge is 0.349 e. The lowest BCUT2D eigenvalue weighted by Gasteiger charge is -2.12. The van der Waals surface area contributed by atoms with Gasteiger partial charge in [-0.1, -0.05) is 24.3 Å². The van der Waals surface area contributed by atoms with Crippen molar-refractivity contribution in [2.75, 3.05) is 13.2 Å². The minimum absolute atomic E-state index is 0.302. The molecule has 0 unspecified atom stereocenters. The van der Waals surface area contributed by atoms with E-state index in [2.05, 4.69) is 6.07 Å². The van der Waals surface area contributed by atoms with Crippen molar-refractivity contribution in [1.29, 1.82) is 10.5 Å². The van der Waals surface area contributed by atoms with Gasteiger partial charge in [0.1, 0.15) is 5.75 Å². The highest BCUT2D eigenvalue weighted by molar-refractivity contribution is 5.74. The molecule has 0 heterocycles. The van der Waals surface area contributed by atoms with Gasteiger partial charge in [0, 0.05) is 6.07 Å². The van der Waals surface area contributed by atoms with Gasteiger partial charge in [-0.05, 0) is 54.4 Å². The summed E-state index contributed by atoms with van der Waals surface area (Å²) in [5, 5.41) is 17.9. The largest absolute Gasteiger partial charge is 0.490 e. The van der Waals surface area contributed by atoms with E-state index in [1.807, 2.05) is 37.3 Å². The normalized spacial score (nSPS) is 9.83. The van der Waals surface area contributed by atoms with Crippen molar-refractivity contribution in [3.63, 3.8) is 0 Å². The summed E-state index contributed by atoms with van der Waals surface area (Å²) in [4.78, 5) is 12.1. The van der Waals surface area contributed by atoms with Crippen LogP contribution < -0.4 is 14.2 Å². The zero-order valence-corrected chi connectivity index (χ0v) is 16.3. The summed E-state index contributed by atoms with van der Waals surface area (Å²) in [7, 11) is 0. The molecule has 3 rings (SSSR count). The third-order valence-corrected chi connectivity index (χ3v) is 4.15. The van der Waals surface area contributed by atoms with E-state index in [1.54, 1.807) is 42.5 Å². The molecular formula is C24H18N2O4. The zero-order valence-electron chi connectivity index (χ0n) is 16.3. The minimum Gasteiger partial charge on any atom is -0.490 e. The minimum atomic E-state index is -0.562. The van der Waals surface area contributed by atoms with Gasteiger partial charge in [0.25, 0.3) is 0 Å². The monoisotopic (exact) mass is 398 g/mol. The van der Waals surface area contributed by atoms with Crippen LogP contribution in [0.1, 0.15) is 18.1 Å². The molecule has 0 aliphatic rings. The molecule has 148 valence electrons. The van der Waals surface area contributed by atoms with Crippen LogP contribution in [0.15, 0.2) is 66.7 Å². The number of benzene rings is 3. The predicted molar refractivity (Wildman–Crippen MR) is 110 cm³/mol. The molecule has 3 aromatic rings. The molecule has 0 saturated heterocycles. The van der Waals surface area contributed by atoms with Crippen LogP contribution in [-0.4, -0.2) is 19.2 Å². The molecule has 0 radical (unpaired) electrons. The van der Waals surface area contributed by atoms with Crippen molar-refractivity contribution in [3.05, 3.63) is 77.9 Å². The lowest BCUT2D eigenvalue weighted by Crippen LogP contribution is -2.18. The molecule has 0 aliphatic carbocycles. The Morgan fingerprint density at radius 3 is 2.00 bits per heavy atom. The Morgan fingerprint density at radius 1 is 0.800 bits per heavy atom. The van der Waals surface area contributed by atoms with E-state index in [0.29, 0.717) is 35.0 Å². The van der Waals surface area contributed by atoms with Gasteiger partial charge < -0.3 is 14.2 Å². The van der Waals surface area contributed by atoms with E-state index in [9.17, 15) is 4.79 Å². The summed E-state index contributed by atoms with van der Waals surface area (Å²) in [6, 6.07) is 23.1. The summed E-state index contributed by atoms with van der Waals surface area (Å²) in [5.41, 5.74) is 2.93. The first kappa shape index (κ1) is 20.4. The molecule has 0 amide bonds. The SMILES string of the molecule is CCOc1cc(C#N)ccc1OCC(=O)Oc1ccc(-c2ccc(C#N)cc2)cc1. The number of esters is 1. The molecule has 0 bridgehead atoms. The molecule has 0 fully saturated rings. The summed E-state index contributed by atoms with van der Waals surface area (Å²) in [6.07, 6.45) is 0. The van der Waals surface area contributed by atoms with Crippen LogP contribution in [0.2, 0.25) is 0 Å². The number of nitrogens with zero attached hydrogens (tertiary/aromatic N) is 2. The Kier molecular flexibility index (Phi) is 6.66. The average Bonchev–Trinajstić information content (AvgIpc) is 2.79. The summed E-state index contributed by atoms with van der Waals surface area (Å²) in [6.45, 7) is 1.92. The maximum absolute atomic E-state index is 12.1. The van der Waals surface area contributed by atoms with Gasteiger partial charge in [-0.25, -0.2) is 4.79 Å². The van der Waals surface area contributed by atoms with E-state index < -0.39 is 5.97 Å². The Balaban J connectivity index is 1.60. The van der Waals surface area contributed by atoms with Crippen LogP contribution in [0.25, 0.3) is 11.1 Å². The Morgan fingerprint density at radius 2 is 1.40 bits per heavy atom. The molecule has 3 aromatic carbocycles.